The van der Waals surface area contributed by atoms with Gasteiger partial charge < -0.3 is 5.11 Å². The average Bonchev–Trinajstić information content (AvgIpc) is 2.33. The second kappa shape index (κ2) is 5.35. The minimum Gasteiger partial charge on any atom is -0.480 e. The lowest BCUT2D eigenvalue weighted by Crippen LogP contribution is -2.15. The van der Waals surface area contributed by atoms with Gasteiger partial charge in [-0.1, -0.05) is 68.9 Å². The Morgan fingerprint density at radius 2 is 1.88 bits per heavy atom. The Morgan fingerprint density at radius 1 is 1.24 bits per heavy atom. The van der Waals surface area contributed by atoms with Crippen LogP contribution in [0.4, 0.5) is 0 Å². The molecule has 0 radical (unpaired) electrons. The molecule has 2 nitrogen and oxygen atoms in total. The van der Waals surface area contributed by atoms with Gasteiger partial charge in [0.2, 0.25) is 0 Å². The van der Waals surface area contributed by atoms with Crippen LogP contribution in [0.1, 0.15) is 5.56 Å². The van der Waals surface area contributed by atoms with Crippen LogP contribution in [0, 0.1) is 0 Å². The molecular weight excluding hydrogens is 395 g/mol. The van der Waals surface area contributed by atoms with Crippen LogP contribution in [0.25, 0.3) is 10.8 Å². The number of fused-ring (bicyclic) bond motifs is 1. The number of benzene rings is 2. The zero-order valence-corrected chi connectivity index (χ0v) is 12.6. The SMILES string of the molecule is O=C(O)C(I)Cc1ccc(Br)c2ccccc12. The molecule has 4 heteroatoms. The highest BCUT2D eigenvalue weighted by Crippen LogP contribution is 2.28. The first kappa shape index (κ1) is 12.8. The summed E-state index contributed by atoms with van der Waals surface area (Å²) in [6.45, 7) is 0. The number of carbonyl (C=O) groups is 1. The van der Waals surface area contributed by atoms with E-state index >= 15 is 0 Å². The quantitative estimate of drug-likeness (QED) is 0.619. The van der Waals surface area contributed by atoms with Gasteiger partial charge in [0.1, 0.15) is 3.92 Å². The Labute approximate surface area is 121 Å². The van der Waals surface area contributed by atoms with E-state index in [-0.39, 0.29) is 0 Å². The van der Waals surface area contributed by atoms with Crippen molar-refractivity contribution in [2.75, 3.05) is 0 Å². The van der Waals surface area contributed by atoms with E-state index in [9.17, 15) is 4.79 Å². The molecule has 0 saturated carbocycles. The molecule has 0 aliphatic rings. The summed E-state index contributed by atoms with van der Waals surface area (Å²) in [5.41, 5.74) is 1.07. The molecule has 0 aliphatic carbocycles. The molecule has 17 heavy (non-hydrogen) atoms. The molecule has 0 saturated heterocycles. The van der Waals surface area contributed by atoms with Crippen LogP contribution in [0.2, 0.25) is 0 Å². The van der Waals surface area contributed by atoms with Crippen molar-refractivity contribution in [3.8, 4) is 0 Å². The van der Waals surface area contributed by atoms with Gasteiger partial charge in [0.15, 0.2) is 0 Å². The summed E-state index contributed by atoms with van der Waals surface area (Å²) >= 11 is 5.47. The highest BCUT2D eigenvalue weighted by molar-refractivity contribution is 14.1. The van der Waals surface area contributed by atoms with Crippen LogP contribution in [0.3, 0.4) is 0 Å². The number of hydrogen-bond acceptors (Lipinski definition) is 1. The molecule has 1 atom stereocenters. The standard InChI is InChI=1S/C13H10BrIO2/c14-11-6-5-8(7-12(15)13(16)17)9-3-1-2-4-10(9)11/h1-6,12H,7H2,(H,16,17). The maximum atomic E-state index is 10.9. The number of carboxylic acid groups (broad SMARTS) is 1. The molecule has 0 heterocycles. The lowest BCUT2D eigenvalue weighted by Gasteiger charge is -2.09. The molecule has 1 unspecified atom stereocenters. The molecule has 0 spiro atoms. The maximum absolute atomic E-state index is 10.9. The van der Waals surface area contributed by atoms with Crippen LogP contribution >= 0.6 is 38.5 Å². The van der Waals surface area contributed by atoms with Gasteiger partial charge in [-0.05, 0) is 28.8 Å². The van der Waals surface area contributed by atoms with E-state index in [0.29, 0.717) is 6.42 Å². The van der Waals surface area contributed by atoms with E-state index in [4.69, 9.17) is 5.11 Å². The van der Waals surface area contributed by atoms with Gasteiger partial charge in [-0.15, -0.1) is 0 Å². The van der Waals surface area contributed by atoms with Crippen LogP contribution < -0.4 is 0 Å². The van der Waals surface area contributed by atoms with E-state index < -0.39 is 9.89 Å². The predicted octanol–water partition coefficient (Wildman–Crippen LogP) is 4.03. The monoisotopic (exact) mass is 404 g/mol. The van der Waals surface area contributed by atoms with Crippen molar-refractivity contribution in [1.82, 2.24) is 0 Å². The third kappa shape index (κ3) is 2.80. The molecule has 0 amide bonds. The Hall–Kier alpha value is -0.620. The van der Waals surface area contributed by atoms with Crippen molar-refractivity contribution in [3.05, 3.63) is 46.4 Å². The fourth-order valence-electron chi connectivity index (χ4n) is 1.78. The van der Waals surface area contributed by atoms with E-state index in [0.717, 1.165) is 20.8 Å². The van der Waals surface area contributed by atoms with Gasteiger partial charge in [-0.3, -0.25) is 4.79 Å². The molecule has 2 aromatic carbocycles. The number of aliphatic carboxylic acids is 1. The topological polar surface area (TPSA) is 37.3 Å². The number of hydrogen-bond donors (Lipinski definition) is 1. The first-order chi connectivity index (χ1) is 8.09. The number of carboxylic acids is 1. The second-order valence-electron chi connectivity index (χ2n) is 3.76. The third-order valence-electron chi connectivity index (χ3n) is 2.63. The van der Waals surface area contributed by atoms with Crippen LogP contribution in [-0.2, 0) is 11.2 Å². The molecule has 1 N–H and O–H groups in total. The Balaban J connectivity index is 2.48. The number of rotatable bonds is 3. The fraction of sp³-hybridized carbons (Fsp3) is 0.154. The van der Waals surface area contributed by atoms with E-state index in [1.165, 1.54) is 0 Å². The lowest BCUT2D eigenvalue weighted by atomic mass is 10.0. The van der Waals surface area contributed by atoms with Crippen molar-refractivity contribution in [3.63, 3.8) is 0 Å². The van der Waals surface area contributed by atoms with Gasteiger partial charge in [-0.2, -0.15) is 0 Å². The Morgan fingerprint density at radius 3 is 2.53 bits per heavy atom. The third-order valence-corrected chi connectivity index (χ3v) is 4.29. The maximum Gasteiger partial charge on any atom is 0.316 e. The normalized spacial score (nSPS) is 12.6. The van der Waals surface area contributed by atoms with Crippen LogP contribution in [0.5, 0.6) is 0 Å². The predicted molar refractivity (Wildman–Crippen MR) is 80.8 cm³/mol. The summed E-state index contributed by atoms with van der Waals surface area (Å²) in [5, 5.41) is 11.2. The zero-order valence-electron chi connectivity index (χ0n) is 8.86. The van der Waals surface area contributed by atoms with E-state index in [1.54, 1.807) is 0 Å². The minimum atomic E-state index is -0.766. The van der Waals surface area contributed by atoms with Gasteiger partial charge in [-0.25, -0.2) is 0 Å². The molecule has 2 aromatic rings. The summed E-state index contributed by atoms with van der Waals surface area (Å²) < 4.78 is 0.648. The molecular formula is C13H10BrIO2. The average molecular weight is 405 g/mol. The second-order valence-corrected chi connectivity index (χ2v) is 6.12. The van der Waals surface area contributed by atoms with Gasteiger partial charge in [0, 0.05) is 4.47 Å². The smallest absolute Gasteiger partial charge is 0.316 e. The van der Waals surface area contributed by atoms with Crippen molar-refractivity contribution in [1.29, 1.82) is 0 Å². The molecule has 0 aromatic heterocycles. The highest BCUT2D eigenvalue weighted by Gasteiger charge is 2.15. The molecule has 0 fully saturated rings. The molecule has 0 bridgehead atoms. The molecule has 88 valence electrons. The van der Waals surface area contributed by atoms with Crippen molar-refractivity contribution in [2.45, 2.75) is 10.3 Å². The first-order valence-corrected chi connectivity index (χ1v) is 7.16. The Bertz CT molecular complexity index is 568. The largest absolute Gasteiger partial charge is 0.480 e. The first-order valence-electron chi connectivity index (χ1n) is 5.12. The van der Waals surface area contributed by atoms with E-state index in [2.05, 4.69) is 15.9 Å². The van der Waals surface area contributed by atoms with E-state index in [1.807, 2.05) is 59.0 Å². The lowest BCUT2D eigenvalue weighted by molar-refractivity contribution is -0.135. The summed E-state index contributed by atoms with van der Waals surface area (Å²) in [5.74, 6) is -0.766. The number of halogens is 2. The van der Waals surface area contributed by atoms with Crippen LogP contribution in [-0.4, -0.2) is 15.0 Å². The van der Waals surface area contributed by atoms with Gasteiger partial charge in [0.05, 0.1) is 0 Å². The summed E-state index contributed by atoms with van der Waals surface area (Å²) in [7, 11) is 0. The fourth-order valence-corrected chi connectivity index (χ4v) is 2.74. The van der Waals surface area contributed by atoms with Gasteiger partial charge >= 0.3 is 5.97 Å². The zero-order chi connectivity index (χ0) is 12.4. The van der Waals surface area contributed by atoms with Crippen molar-refractivity contribution >= 4 is 55.3 Å². The molecule has 0 aliphatic heterocycles. The highest BCUT2D eigenvalue weighted by atomic mass is 127. The minimum absolute atomic E-state index is 0.391. The summed E-state index contributed by atoms with van der Waals surface area (Å²) in [6, 6.07) is 12.0. The molecule has 2 rings (SSSR count). The van der Waals surface area contributed by atoms with Gasteiger partial charge in [0.25, 0.3) is 0 Å². The summed E-state index contributed by atoms with van der Waals surface area (Å²) in [4.78, 5) is 10.9. The van der Waals surface area contributed by atoms with Crippen molar-refractivity contribution in [2.24, 2.45) is 0 Å². The summed E-state index contributed by atoms with van der Waals surface area (Å²) in [6.07, 6.45) is 0.545. The Kier molecular flexibility index (Phi) is 4.04. The number of alkyl halides is 1. The van der Waals surface area contributed by atoms with Crippen LogP contribution in [0.15, 0.2) is 40.9 Å². The van der Waals surface area contributed by atoms with Crippen molar-refractivity contribution < 1.29 is 9.90 Å².